The third-order valence-electron chi connectivity index (χ3n) is 3.60. The van der Waals surface area contributed by atoms with Gasteiger partial charge in [-0.3, -0.25) is 14.2 Å². The Bertz CT molecular complexity index is 1010. The standard InChI is InChI=1S/C19H13FN2O2/c1-2-11-22-17(12-13-5-3-4-6-16(13)19(22)24)18(23)21-15-9-7-14(20)8-10-15/h1,3-10,12H,11H2,(H,21,23). The van der Waals surface area contributed by atoms with Crippen molar-refractivity contribution in [2.75, 3.05) is 5.32 Å². The molecular weight excluding hydrogens is 307 g/mol. The average Bonchev–Trinajstić information content (AvgIpc) is 2.59. The van der Waals surface area contributed by atoms with Gasteiger partial charge in [0.15, 0.2) is 0 Å². The highest BCUT2D eigenvalue weighted by Gasteiger charge is 2.15. The first-order valence-electron chi connectivity index (χ1n) is 7.23. The summed E-state index contributed by atoms with van der Waals surface area (Å²) in [6.45, 7) is -0.0180. The molecule has 2 aromatic carbocycles. The predicted molar refractivity (Wildman–Crippen MR) is 91.4 cm³/mol. The van der Waals surface area contributed by atoms with Crippen LogP contribution in [0.15, 0.2) is 59.4 Å². The largest absolute Gasteiger partial charge is 0.321 e. The van der Waals surface area contributed by atoms with Crippen LogP contribution in [-0.2, 0) is 6.54 Å². The number of anilines is 1. The van der Waals surface area contributed by atoms with Crippen LogP contribution in [0.1, 0.15) is 10.5 Å². The van der Waals surface area contributed by atoms with Gasteiger partial charge in [-0.05, 0) is 41.8 Å². The minimum atomic E-state index is -0.486. The Morgan fingerprint density at radius 1 is 1.17 bits per heavy atom. The molecule has 0 bridgehead atoms. The summed E-state index contributed by atoms with van der Waals surface area (Å²) in [5, 5.41) is 3.79. The summed E-state index contributed by atoms with van der Waals surface area (Å²) in [4.78, 5) is 25.1. The number of nitrogens with zero attached hydrogens (tertiary/aromatic N) is 1. The summed E-state index contributed by atoms with van der Waals surface area (Å²) in [6.07, 6.45) is 5.33. The molecule has 0 spiro atoms. The van der Waals surface area contributed by atoms with Crippen molar-refractivity contribution < 1.29 is 9.18 Å². The highest BCUT2D eigenvalue weighted by atomic mass is 19.1. The highest BCUT2D eigenvalue weighted by molar-refractivity contribution is 6.05. The zero-order chi connectivity index (χ0) is 17.1. The first-order chi connectivity index (χ1) is 11.6. The monoisotopic (exact) mass is 320 g/mol. The van der Waals surface area contributed by atoms with Crippen LogP contribution in [0.3, 0.4) is 0 Å². The number of carbonyl (C=O) groups is 1. The van der Waals surface area contributed by atoms with Crippen LogP contribution >= 0.6 is 0 Å². The van der Waals surface area contributed by atoms with Gasteiger partial charge in [-0.2, -0.15) is 0 Å². The number of pyridine rings is 1. The van der Waals surface area contributed by atoms with Crippen molar-refractivity contribution in [3.05, 3.63) is 76.5 Å². The number of fused-ring (bicyclic) bond motifs is 1. The van der Waals surface area contributed by atoms with E-state index in [0.717, 1.165) is 0 Å². The number of terminal acetylenes is 1. The molecule has 3 aromatic rings. The molecule has 1 amide bonds. The Kier molecular flexibility index (Phi) is 4.13. The molecule has 3 rings (SSSR count). The second-order valence-corrected chi connectivity index (χ2v) is 5.17. The van der Waals surface area contributed by atoms with Gasteiger partial charge in [-0.1, -0.05) is 24.1 Å². The van der Waals surface area contributed by atoms with E-state index in [4.69, 9.17) is 6.42 Å². The zero-order valence-electron chi connectivity index (χ0n) is 12.6. The molecule has 0 saturated carbocycles. The molecule has 0 aliphatic heterocycles. The van der Waals surface area contributed by atoms with E-state index in [1.807, 2.05) is 0 Å². The normalized spacial score (nSPS) is 10.3. The van der Waals surface area contributed by atoms with E-state index in [9.17, 15) is 14.0 Å². The zero-order valence-corrected chi connectivity index (χ0v) is 12.6. The summed E-state index contributed by atoms with van der Waals surface area (Å²) < 4.78 is 14.2. The molecule has 4 nitrogen and oxygen atoms in total. The van der Waals surface area contributed by atoms with E-state index in [0.29, 0.717) is 16.5 Å². The lowest BCUT2D eigenvalue weighted by Crippen LogP contribution is -2.28. The lowest BCUT2D eigenvalue weighted by molar-refractivity contribution is 0.101. The number of amides is 1. The van der Waals surface area contributed by atoms with Gasteiger partial charge < -0.3 is 5.32 Å². The van der Waals surface area contributed by atoms with E-state index in [2.05, 4.69) is 11.2 Å². The first kappa shape index (κ1) is 15.5. The molecule has 0 saturated heterocycles. The molecule has 118 valence electrons. The molecule has 0 radical (unpaired) electrons. The number of nitrogens with one attached hydrogen (secondary N) is 1. The van der Waals surface area contributed by atoms with Crippen molar-refractivity contribution in [1.82, 2.24) is 4.57 Å². The van der Waals surface area contributed by atoms with Gasteiger partial charge in [0.25, 0.3) is 11.5 Å². The van der Waals surface area contributed by atoms with Crippen LogP contribution in [0.5, 0.6) is 0 Å². The maximum absolute atomic E-state index is 13.0. The van der Waals surface area contributed by atoms with Gasteiger partial charge in [0, 0.05) is 11.1 Å². The molecule has 0 aliphatic rings. The predicted octanol–water partition coefficient (Wildman–Crippen LogP) is 3.03. The van der Waals surface area contributed by atoms with E-state index >= 15 is 0 Å². The lowest BCUT2D eigenvalue weighted by Gasteiger charge is -2.12. The van der Waals surface area contributed by atoms with Crippen molar-refractivity contribution in [1.29, 1.82) is 0 Å². The third-order valence-corrected chi connectivity index (χ3v) is 3.60. The van der Waals surface area contributed by atoms with Crippen molar-refractivity contribution in [2.45, 2.75) is 6.54 Å². The number of benzene rings is 2. The SMILES string of the molecule is C#CCn1c(C(=O)Nc2ccc(F)cc2)cc2ccccc2c1=O. The Balaban J connectivity index is 2.08. The van der Waals surface area contributed by atoms with Crippen molar-refractivity contribution in [3.63, 3.8) is 0 Å². The van der Waals surface area contributed by atoms with Crippen LogP contribution in [0.2, 0.25) is 0 Å². The molecule has 0 atom stereocenters. The summed E-state index contributed by atoms with van der Waals surface area (Å²) in [5.41, 5.74) is 0.255. The fourth-order valence-electron chi connectivity index (χ4n) is 2.46. The third kappa shape index (κ3) is 2.90. The average molecular weight is 320 g/mol. The number of aromatic nitrogens is 1. The fraction of sp³-hybridized carbons (Fsp3) is 0.0526. The Morgan fingerprint density at radius 3 is 2.58 bits per heavy atom. The molecule has 24 heavy (non-hydrogen) atoms. The van der Waals surface area contributed by atoms with Crippen LogP contribution in [0, 0.1) is 18.2 Å². The molecule has 1 aromatic heterocycles. The molecule has 1 N–H and O–H groups in total. The number of hydrogen-bond acceptors (Lipinski definition) is 2. The number of carbonyl (C=O) groups excluding carboxylic acids is 1. The molecule has 1 heterocycles. The van der Waals surface area contributed by atoms with Gasteiger partial charge in [0.2, 0.25) is 0 Å². The molecular formula is C19H13FN2O2. The van der Waals surface area contributed by atoms with Gasteiger partial charge in [-0.25, -0.2) is 4.39 Å². The highest BCUT2D eigenvalue weighted by Crippen LogP contribution is 2.15. The summed E-state index contributed by atoms with van der Waals surface area (Å²) in [5.74, 6) is 1.50. The second kappa shape index (κ2) is 6.39. The molecule has 0 aliphatic carbocycles. The quantitative estimate of drug-likeness (QED) is 0.754. The Morgan fingerprint density at radius 2 is 1.88 bits per heavy atom. The molecule has 0 unspecified atom stereocenters. The van der Waals surface area contributed by atoms with E-state index in [1.165, 1.54) is 28.8 Å². The number of hydrogen-bond donors (Lipinski definition) is 1. The number of halogens is 1. The fourth-order valence-corrected chi connectivity index (χ4v) is 2.46. The van der Waals surface area contributed by atoms with Crippen LogP contribution in [0.4, 0.5) is 10.1 Å². The molecule has 0 fully saturated rings. The maximum atomic E-state index is 13.0. The van der Waals surface area contributed by atoms with Crippen molar-refractivity contribution in [3.8, 4) is 12.3 Å². The maximum Gasteiger partial charge on any atom is 0.272 e. The van der Waals surface area contributed by atoms with Gasteiger partial charge in [0.1, 0.15) is 11.5 Å². The lowest BCUT2D eigenvalue weighted by atomic mass is 10.1. The second-order valence-electron chi connectivity index (χ2n) is 5.17. The minimum absolute atomic E-state index is 0.0180. The first-order valence-corrected chi connectivity index (χ1v) is 7.23. The minimum Gasteiger partial charge on any atom is -0.321 e. The summed E-state index contributed by atoms with van der Waals surface area (Å²) in [6, 6.07) is 14.0. The van der Waals surface area contributed by atoms with Crippen molar-refractivity contribution in [2.24, 2.45) is 0 Å². The Labute approximate surface area is 137 Å². The van der Waals surface area contributed by atoms with Crippen LogP contribution in [-0.4, -0.2) is 10.5 Å². The van der Waals surface area contributed by atoms with Crippen molar-refractivity contribution >= 4 is 22.4 Å². The van der Waals surface area contributed by atoms with E-state index in [1.54, 1.807) is 30.3 Å². The van der Waals surface area contributed by atoms with Gasteiger partial charge >= 0.3 is 0 Å². The summed E-state index contributed by atoms with van der Waals surface area (Å²) >= 11 is 0. The van der Waals surface area contributed by atoms with Crippen LogP contribution in [0.25, 0.3) is 10.8 Å². The summed E-state index contributed by atoms with van der Waals surface area (Å²) in [7, 11) is 0. The Hall–Kier alpha value is -3.39. The van der Waals surface area contributed by atoms with Crippen LogP contribution < -0.4 is 10.9 Å². The van der Waals surface area contributed by atoms with Gasteiger partial charge in [0.05, 0.1) is 6.54 Å². The topological polar surface area (TPSA) is 51.1 Å². The number of rotatable bonds is 3. The van der Waals surface area contributed by atoms with Gasteiger partial charge in [-0.15, -0.1) is 6.42 Å². The molecule has 5 heteroatoms. The smallest absolute Gasteiger partial charge is 0.272 e. The van der Waals surface area contributed by atoms with E-state index in [-0.39, 0.29) is 17.8 Å². The van der Waals surface area contributed by atoms with E-state index < -0.39 is 11.7 Å².